The van der Waals surface area contributed by atoms with Gasteiger partial charge in [0.2, 0.25) is 11.8 Å². The van der Waals surface area contributed by atoms with Crippen molar-refractivity contribution in [3.63, 3.8) is 0 Å². The van der Waals surface area contributed by atoms with E-state index in [1.54, 1.807) is 6.92 Å². The molecule has 2 aliphatic heterocycles. The first-order valence-corrected chi connectivity index (χ1v) is 28.8. The van der Waals surface area contributed by atoms with E-state index in [9.17, 15) is 72.9 Å². The largest absolute Gasteiger partial charge is 0.481 e. The number of aliphatic hydroxyl groups excluding tert-OH is 4. The Morgan fingerprint density at radius 3 is 2.29 bits per heavy atom. The minimum Gasteiger partial charge on any atom is -0.390 e. The SMILES string of the molecule is C[C@H](CCCCCCCCC(=O)CC(=O)SCCNC(=O)CCNC(=O)[C@H](O)C(C)(C)COP(=O)(O)OP(=O)(O)OC[C@H]1O[C@@H](n2cnc3c(N)ncnc32)[C@H](O)[C@@H]1OP(=O)(O)O)O[C@@H]1O[C@@H](C)[C@H](O)C[C@H]1O. The lowest BCUT2D eigenvalue weighted by Crippen LogP contribution is -2.48. The molecule has 12 atom stereocenters. The number of unbranched alkanes of at least 4 members (excludes halogenated alkanes) is 5. The molecule has 0 aliphatic carbocycles. The van der Waals surface area contributed by atoms with Gasteiger partial charge in [0.15, 0.2) is 29.1 Å². The number of carbonyl (C=O) groups excluding carboxylic acids is 4. The fraction of sp³-hybridized carbons (Fsp3) is 0.775. The highest BCUT2D eigenvalue weighted by Crippen LogP contribution is 2.61. The molecule has 2 aromatic heterocycles. The van der Waals surface area contributed by atoms with Gasteiger partial charge < -0.3 is 70.6 Å². The van der Waals surface area contributed by atoms with Crippen LogP contribution in [0, 0.1) is 5.41 Å². The number of aliphatic hydroxyl groups is 4. The molecule has 73 heavy (non-hydrogen) atoms. The lowest BCUT2D eigenvalue weighted by atomic mass is 9.87. The monoisotopic (exact) mass is 1120 g/mol. The Balaban J connectivity index is 1.06. The number of hydrogen-bond acceptors (Lipinski definition) is 23. The minimum atomic E-state index is -5.61. The fourth-order valence-electron chi connectivity index (χ4n) is 7.42. The normalized spacial score (nSPS) is 25.2. The number of phosphoric ester groups is 3. The van der Waals surface area contributed by atoms with Gasteiger partial charge in [0.25, 0.3) is 0 Å². The molecule has 2 unspecified atom stereocenters. The van der Waals surface area contributed by atoms with Gasteiger partial charge in [0.1, 0.15) is 48.1 Å². The summed E-state index contributed by atoms with van der Waals surface area (Å²) in [7, 11) is -16.5. The maximum Gasteiger partial charge on any atom is 0.481 e. The van der Waals surface area contributed by atoms with Crippen LogP contribution >= 0.6 is 35.2 Å². The van der Waals surface area contributed by atoms with Crippen LogP contribution in [0.2, 0.25) is 0 Å². The predicted octanol–water partition coefficient (Wildman–Crippen LogP) is 1.01. The molecule has 2 saturated heterocycles. The van der Waals surface area contributed by atoms with Crippen LogP contribution in [0.4, 0.5) is 5.82 Å². The van der Waals surface area contributed by atoms with Crippen molar-refractivity contribution in [3.8, 4) is 0 Å². The number of hydrogen-bond donors (Lipinski definition) is 11. The van der Waals surface area contributed by atoms with E-state index >= 15 is 0 Å². The number of nitrogens with one attached hydrogen (secondary N) is 2. The van der Waals surface area contributed by atoms with Gasteiger partial charge in [0.05, 0.1) is 44.3 Å². The van der Waals surface area contributed by atoms with Crippen molar-refractivity contribution in [2.45, 2.75) is 160 Å². The molecule has 2 aliphatic rings. The molecule has 2 fully saturated rings. The van der Waals surface area contributed by atoms with Crippen molar-refractivity contribution >= 4 is 74.9 Å². The van der Waals surface area contributed by atoms with E-state index in [4.69, 9.17) is 29.0 Å². The van der Waals surface area contributed by atoms with E-state index in [0.29, 0.717) is 6.42 Å². The molecule has 2 amide bonds. The summed E-state index contributed by atoms with van der Waals surface area (Å²) in [5.74, 6) is -1.55. The van der Waals surface area contributed by atoms with Crippen molar-refractivity contribution in [1.82, 2.24) is 30.2 Å². The summed E-state index contributed by atoms with van der Waals surface area (Å²) in [6.45, 7) is 3.89. The number of nitrogens with two attached hydrogens (primary N) is 1. The van der Waals surface area contributed by atoms with Crippen molar-refractivity contribution in [1.29, 1.82) is 0 Å². The third-order valence-electron chi connectivity index (χ3n) is 11.5. The molecule has 29 nitrogen and oxygen atoms in total. The Labute approximate surface area is 424 Å². The van der Waals surface area contributed by atoms with E-state index in [1.165, 1.54) is 13.8 Å². The molecule has 0 radical (unpaired) electrons. The molecule has 4 rings (SSSR count). The zero-order valence-electron chi connectivity index (χ0n) is 40.7. The highest BCUT2D eigenvalue weighted by molar-refractivity contribution is 8.13. The highest BCUT2D eigenvalue weighted by atomic mass is 32.2. The van der Waals surface area contributed by atoms with Crippen molar-refractivity contribution in [2.24, 2.45) is 5.41 Å². The first-order valence-electron chi connectivity index (χ1n) is 23.3. The van der Waals surface area contributed by atoms with Gasteiger partial charge in [-0.1, -0.05) is 57.7 Å². The Morgan fingerprint density at radius 1 is 0.918 bits per heavy atom. The lowest BCUT2D eigenvalue weighted by Gasteiger charge is -2.36. The molecule has 2 aromatic rings. The summed E-state index contributed by atoms with van der Waals surface area (Å²) in [5, 5.41) is 46.1. The standard InChI is InChI=1S/C40H68N7O22P3S/c1-23(65-39-27(50)18-26(49)24(2)66-39)11-9-7-5-6-8-10-12-25(48)17-30(52)73-16-15-42-29(51)13-14-43-37(55)34(54)40(3,4)20-64-72(61,62)69-71(59,60)63-19-28-33(68-70(56,57)58)32(53)38(67-28)47-22-46-31-35(41)44-21-45-36(31)47/h21-24,26-28,32-34,38-39,49-50,53-54H,5-20H2,1-4H3,(H,42,51)(H,43,55)(H,59,60)(H,61,62)(H2,41,44,45)(H2,56,57,58)/t23-,24+,26-,27-,28-,32-,33-,34+,38-,39-/m1/s1. The number of fused-ring (bicyclic) bond motifs is 1. The van der Waals surface area contributed by atoms with Crippen LogP contribution in [0.25, 0.3) is 11.2 Å². The molecule has 4 heterocycles. The Bertz CT molecular complexity index is 2300. The van der Waals surface area contributed by atoms with Gasteiger partial charge in [-0.05, 0) is 26.7 Å². The molecule has 416 valence electrons. The number of nitrogens with zero attached hydrogens (tertiary/aromatic N) is 4. The molecular formula is C40H68N7O22P3S. The molecule has 0 aromatic carbocycles. The number of ether oxygens (including phenoxy) is 3. The average Bonchev–Trinajstić information content (AvgIpc) is 3.85. The highest BCUT2D eigenvalue weighted by Gasteiger charge is 2.50. The van der Waals surface area contributed by atoms with Crippen LogP contribution in [0.15, 0.2) is 12.7 Å². The van der Waals surface area contributed by atoms with Crippen LogP contribution in [-0.2, 0) is 65.0 Å². The van der Waals surface area contributed by atoms with Crippen LogP contribution in [0.3, 0.4) is 0 Å². The average molecular weight is 1120 g/mol. The number of imidazole rings is 1. The molecule has 33 heteroatoms. The quantitative estimate of drug-likeness (QED) is 0.0277. The number of nitrogen functional groups attached to an aromatic ring is 1. The number of aromatic nitrogens is 4. The van der Waals surface area contributed by atoms with Gasteiger partial charge >= 0.3 is 23.5 Å². The number of anilines is 1. The molecule has 12 N–H and O–H groups in total. The van der Waals surface area contributed by atoms with E-state index in [1.807, 2.05) is 6.92 Å². The second-order valence-electron chi connectivity index (χ2n) is 18.2. The zero-order chi connectivity index (χ0) is 54.3. The van der Waals surface area contributed by atoms with E-state index < -0.39 is 109 Å². The number of carbonyl (C=O) groups is 4. The molecule has 0 saturated carbocycles. The summed E-state index contributed by atoms with van der Waals surface area (Å²) in [6.07, 6.45) is -3.58. The Hall–Kier alpha value is -2.93. The maximum absolute atomic E-state index is 12.8. The number of Topliss-reactive ketones (excluding diaryl/α,β-unsaturated/α-hetero) is 1. The third kappa shape index (κ3) is 20.9. The second-order valence-corrected chi connectivity index (χ2v) is 23.6. The van der Waals surface area contributed by atoms with Crippen molar-refractivity contribution < 1.29 is 105 Å². The summed E-state index contributed by atoms with van der Waals surface area (Å²) < 4.78 is 73.8. The second kappa shape index (κ2) is 28.4. The predicted molar refractivity (Wildman–Crippen MR) is 255 cm³/mol. The van der Waals surface area contributed by atoms with Gasteiger partial charge in [-0.15, -0.1) is 0 Å². The van der Waals surface area contributed by atoms with E-state index in [-0.39, 0.29) is 78.5 Å². The van der Waals surface area contributed by atoms with Crippen LogP contribution in [-0.4, -0.2) is 169 Å². The number of rotatable bonds is 32. The molecular weight excluding hydrogens is 1060 g/mol. The zero-order valence-corrected chi connectivity index (χ0v) is 44.2. The van der Waals surface area contributed by atoms with Gasteiger partial charge in [-0.2, -0.15) is 4.31 Å². The first-order chi connectivity index (χ1) is 34.1. The Morgan fingerprint density at radius 2 is 1.59 bits per heavy atom. The smallest absolute Gasteiger partial charge is 0.390 e. The topological polar surface area (TPSA) is 440 Å². The number of thioether (sulfide) groups is 1. The summed E-state index contributed by atoms with van der Waals surface area (Å²) in [6, 6.07) is 0. The van der Waals surface area contributed by atoms with Crippen LogP contribution in [0.5, 0.6) is 0 Å². The first kappa shape index (κ1) is 62.6. The molecule has 0 spiro atoms. The fourth-order valence-corrected chi connectivity index (χ4v) is 10.9. The van der Waals surface area contributed by atoms with Crippen molar-refractivity contribution in [2.75, 3.05) is 37.8 Å². The molecule has 0 bridgehead atoms. The van der Waals surface area contributed by atoms with Gasteiger partial charge in [-0.3, -0.25) is 37.3 Å². The van der Waals surface area contributed by atoms with E-state index in [0.717, 1.165) is 67.5 Å². The van der Waals surface area contributed by atoms with Crippen molar-refractivity contribution in [3.05, 3.63) is 12.7 Å². The number of amides is 2. The minimum absolute atomic E-state index is 0.0186. The Kier molecular flexibility index (Phi) is 24.4. The summed E-state index contributed by atoms with van der Waals surface area (Å²) >= 11 is 0.901. The summed E-state index contributed by atoms with van der Waals surface area (Å²) in [4.78, 5) is 101. The van der Waals surface area contributed by atoms with Gasteiger partial charge in [-0.25, -0.2) is 28.6 Å². The summed E-state index contributed by atoms with van der Waals surface area (Å²) in [5.41, 5.74) is 4.21. The lowest BCUT2D eigenvalue weighted by molar-refractivity contribution is -0.273. The van der Waals surface area contributed by atoms with Gasteiger partial charge in [0, 0.05) is 43.5 Å². The number of ketones is 1. The maximum atomic E-state index is 12.8. The third-order valence-corrected chi connectivity index (χ3v) is 15.5. The van der Waals surface area contributed by atoms with Crippen LogP contribution < -0.4 is 16.4 Å². The number of phosphoric acid groups is 3. The van der Waals surface area contributed by atoms with Crippen LogP contribution in [0.1, 0.15) is 105 Å². The van der Waals surface area contributed by atoms with E-state index in [2.05, 4.69) is 34.4 Å².